The Morgan fingerprint density at radius 2 is 1.52 bits per heavy atom. The molecule has 1 aromatic heterocycles. The van der Waals surface area contributed by atoms with Gasteiger partial charge in [0.25, 0.3) is 0 Å². The lowest BCUT2D eigenvalue weighted by Crippen LogP contribution is -2.08. The van der Waals surface area contributed by atoms with E-state index in [4.69, 9.17) is 10.5 Å². The standard InChI is InChI=1S/C20H15N7/c1-12-6-17-19(8-16(12)25-20(11-23)13(9-21)10-22)26-18-7-14(27(2)3)4-5-15(18)24-17/h4-8,25H,1-3H3. The van der Waals surface area contributed by atoms with Crippen LogP contribution in [-0.2, 0) is 0 Å². The molecule has 130 valence electrons. The van der Waals surface area contributed by atoms with Gasteiger partial charge in [-0.05, 0) is 42.8 Å². The largest absolute Gasteiger partial charge is 0.378 e. The molecule has 27 heavy (non-hydrogen) atoms. The number of benzene rings is 2. The van der Waals surface area contributed by atoms with E-state index in [1.165, 1.54) is 0 Å². The Labute approximate surface area is 156 Å². The second-order valence-electron chi connectivity index (χ2n) is 6.16. The Morgan fingerprint density at radius 3 is 2.15 bits per heavy atom. The summed E-state index contributed by atoms with van der Waals surface area (Å²) in [6, 6.07) is 14.8. The highest BCUT2D eigenvalue weighted by atomic mass is 15.1. The van der Waals surface area contributed by atoms with E-state index in [1.54, 1.807) is 18.2 Å². The summed E-state index contributed by atoms with van der Waals surface area (Å²) in [5.74, 6) is 0. The molecule has 1 N–H and O–H groups in total. The number of rotatable bonds is 3. The van der Waals surface area contributed by atoms with Crippen LogP contribution in [0.4, 0.5) is 11.4 Å². The molecule has 0 spiro atoms. The molecule has 0 aliphatic heterocycles. The van der Waals surface area contributed by atoms with E-state index in [2.05, 4.69) is 15.3 Å². The zero-order chi connectivity index (χ0) is 19.6. The van der Waals surface area contributed by atoms with Crippen LogP contribution >= 0.6 is 0 Å². The van der Waals surface area contributed by atoms with Crippen LogP contribution in [0.2, 0.25) is 0 Å². The van der Waals surface area contributed by atoms with Crippen LogP contribution in [0, 0.1) is 40.9 Å². The summed E-state index contributed by atoms with van der Waals surface area (Å²) in [5.41, 5.74) is 5.01. The third-order valence-electron chi connectivity index (χ3n) is 4.12. The predicted molar refractivity (Wildman–Crippen MR) is 104 cm³/mol. The fourth-order valence-corrected chi connectivity index (χ4v) is 2.65. The first-order valence-corrected chi connectivity index (χ1v) is 8.08. The van der Waals surface area contributed by atoms with E-state index in [0.29, 0.717) is 11.2 Å². The number of anilines is 2. The van der Waals surface area contributed by atoms with Gasteiger partial charge in [0.2, 0.25) is 0 Å². The summed E-state index contributed by atoms with van der Waals surface area (Å²) < 4.78 is 0. The van der Waals surface area contributed by atoms with Gasteiger partial charge in [-0.1, -0.05) is 0 Å². The predicted octanol–water partition coefficient (Wildman–Crippen LogP) is 3.39. The summed E-state index contributed by atoms with van der Waals surface area (Å²) in [5, 5.41) is 30.1. The second-order valence-corrected chi connectivity index (χ2v) is 6.16. The van der Waals surface area contributed by atoms with Gasteiger partial charge in [0.05, 0.1) is 22.1 Å². The maximum absolute atomic E-state index is 9.24. The minimum absolute atomic E-state index is 0.0916. The maximum atomic E-state index is 9.24. The van der Waals surface area contributed by atoms with Gasteiger partial charge in [0.1, 0.15) is 23.9 Å². The van der Waals surface area contributed by atoms with E-state index < -0.39 is 0 Å². The van der Waals surface area contributed by atoms with Crippen LogP contribution in [0.5, 0.6) is 0 Å². The fraction of sp³-hybridized carbons (Fsp3) is 0.150. The summed E-state index contributed by atoms with van der Waals surface area (Å²) in [6.45, 7) is 1.86. The van der Waals surface area contributed by atoms with Gasteiger partial charge in [0.15, 0.2) is 5.57 Å². The van der Waals surface area contributed by atoms with Crippen molar-refractivity contribution in [3.8, 4) is 18.2 Å². The molecular weight excluding hydrogens is 338 g/mol. The number of fused-ring (bicyclic) bond motifs is 2. The Morgan fingerprint density at radius 1 is 0.889 bits per heavy atom. The molecule has 0 unspecified atom stereocenters. The van der Waals surface area contributed by atoms with Gasteiger partial charge in [-0.3, -0.25) is 0 Å². The highest BCUT2D eigenvalue weighted by molar-refractivity contribution is 5.90. The number of hydrogen-bond acceptors (Lipinski definition) is 7. The smallest absolute Gasteiger partial charge is 0.163 e. The highest BCUT2D eigenvalue weighted by Crippen LogP contribution is 2.26. The van der Waals surface area contributed by atoms with Crippen LogP contribution < -0.4 is 10.2 Å². The average Bonchev–Trinajstić information content (AvgIpc) is 2.66. The average molecular weight is 353 g/mol. The number of aromatic nitrogens is 2. The van der Waals surface area contributed by atoms with E-state index >= 15 is 0 Å². The van der Waals surface area contributed by atoms with Crippen molar-refractivity contribution in [2.24, 2.45) is 0 Å². The van der Waals surface area contributed by atoms with Gasteiger partial charge >= 0.3 is 0 Å². The third kappa shape index (κ3) is 3.33. The Balaban J connectivity index is 2.16. The summed E-state index contributed by atoms with van der Waals surface area (Å²) in [7, 11) is 3.91. The third-order valence-corrected chi connectivity index (χ3v) is 4.12. The van der Waals surface area contributed by atoms with Gasteiger partial charge in [0, 0.05) is 25.5 Å². The first kappa shape index (κ1) is 17.7. The lowest BCUT2D eigenvalue weighted by atomic mass is 10.1. The molecule has 0 fully saturated rings. The SMILES string of the molecule is Cc1cc2nc3ccc(N(C)C)cc3nc2cc1NC(C#N)=C(C#N)C#N. The normalized spacial score (nSPS) is 9.93. The van der Waals surface area contributed by atoms with Crippen molar-refractivity contribution in [2.75, 3.05) is 24.3 Å². The van der Waals surface area contributed by atoms with Crippen LogP contribution in [0.1, 0.15) is 5.56 Å². The zero-order valence-corrected chi connectivity index (χ0v) is 15.1. The molecule has 7 nitrogen and oxygen atoms in total. The number of hydrogen-bond donors (Lipinski definition) is 1. The Kier molecular flexibility index (Phi) is 4.58. The van der Waals surface area contributed by atoms with Gasteiger partial charge < -0.3 is 10.2 Å². The molecule has 2 aromatic carbocycles. The first-order chi connectivity index (χ1) is 13.0. The topological polar surface area (TPSA) is 112 Å². The van der Waals surface area contributed by atoms with Crippen molar-refractivity contribution in [3.63, 3.8) is 0 Å². The quantitative estimate of drug-likeness (QED) is 0.567. The molecule has 3 aromatic rings. The number of nitrogens with one attached hydrogen (secondary N) is 1. The van der Waals surface area contributed by atoms with E-state index in [0.717, 1.165) is 27.8 Å². The van der Waals surface area contributed by atoms with Crippen molar-refractivity contribution in [2.45, 2.75) is 6.92 Å². The van der Waals surface area contributed by atoms with Crippen molar-refractivity contribution in [1.29, 1.82) is 15.8 Å². The molecule has 0 radical (unpaired) electrons. The van der Waals surface area contributed by atoms with E-state index in [1.807, 2.05) is 56.3 Å². The van der Waals surface area contributed by atoms with Crippen LogP contribution in [0.15, 0.2) is 41.6 Å². The highest BCUT2D eigenvalue weighted by Gasteiger charge is 2.11. The molecule has 0 atom stereocenters. The molecule has 0 bridgehead atoms. The molecular formula is C20H15N7. The molecule has 0 aliphatic rings. The Bertz CT molecular complexity index is 1200. The molecule has 3 rings (SSSR count). The number of nitrogens with zero attached hydrogens (tertiary/aromatic N) is 6. The number of aryl methyl sites for hydroxylation is 1. The maximum Gasteiger partial charge on any atom is 0.163 e. The summed E-state index contributed by atoms with van der Waals surface area (Å²) >= 11 is 0. The molecule has 0 aliphatic carbocycles. The molecule has 0 saturated heterocycles. The first-order valence-electron chi connectivity index (χ1n) is 8.08. The molecule has 1 heterocycles. The number of nitriles is 3. The molecule has 7 heteroatoms. The molecule has 0 amide bonds. The minimum atomic E-state index is -0.266. The van der Waals surface area contributed by atoms with Crippen molar-refractivity contribution >= 4 is 33.4 Å². The minimum Gasteiger partial charge on any atom is -0.378 e. The zero-order valence-electron chi connectivity index (χ0n) is 15.1. The van der Waals surface area contributed by atoms with E-state index in [9.17, 15) is 5.26 Å². The van der Waals surface area contributed by atoms with Crippen molar-refractivity contribution < 1.29 is 0 Å². The van der Waals surface area contributed by atoms with Crippen molar-refractivity contribution in [3.05, 3.63) is 47.2 Å². The van der Waals surface area contributed by atoms with Crippen LogP contribution in [-0.4, -0.2) is 24.1 Å². The van der Waals surface area contributed by atoms with Crippen LogP contribution in [0.25, 0.3) is 22.1 Å². The Hall–Kier alpha value is -4.15. The van der Waals surface area contributed by atoms with Gasteiger partial charge in [-0.25, -0.2) is 9.97 Å². The monoisotopic (exact) mass is 353 g/mol. The molecule has 0 saturated carbocycles. The van der Waals surface area contributed by atoms with Crippen LogP contribution in [0.3, 0.4) is 0 Å². The lowest BCUT2D eigenvalue weighted by molar-refractivity contribution is 1.13. The fourth-order valence-electron chi connectivity index (χ4n) is 2.65. The van der Waals surface area contributed by atoms with E-state index in [-0.39, 0.29) is 11.3 Å². The van der Waals surface area contributed by atoms with Gasteiger partial charge in [-0.15, -0.1) is 0 Å². The van der Waals surface area contributed by atoms with Gasteiger partial charge in [-0.2, -0.15) is 15.8 Å². The van der Waals surface area contributed by atoms with Crippen molar-refractivity contribution in [1.82, 2.24) is 9.97 Å². The lowest BCUT2D eigenvalue weighted by Gasteiger charge is -2.13. The summed E-state index contributed by atoms with van der Waals surface area (Å²) in [4.78, 5) is 11.3. The number of allylic oxidation sites excluding steroid dienone is 2. The second kappa shape index (κ2) is 7.00. The summed E-state index contributed by atoms with van der Waals surface area (Å²) in [6.07, 6.45) is 0.